The average molecular weight is 330 g/mol. The van der Waals surface area contributed by atoms with E-state index in [-0.39, 0.29) is 23.5 Å². The molecule has 128 valence electrons. The number of hydrogen-bond donors (Lipinski definition) is 1. The maximum absolute atomic E-state index is 11.5. The van der Waals surface area contributed by atoms with E-state index in [0.29, 0.717) is 12.4 Å². The summed E-state index contributed by atoms with van der Waals surface area (Å²) >= 11 is 0. The van der Waals surface area contributed by atoms with Crippen molar-refractivity contribution in [2.24, 2.45) is 0 Å². The van der Waals surface area contributed by atoms with Gasteiger partial charge in [-0.3, -0.25) is 0 Å². The number of carbonyl (C=O) groups is 1. The molecule has 0 bridgehead atoms. The van der Waals surface area contributed by atoms with Gasteiger partial charge in [0.1, 0.15) is 24.0 Å². The Balaban J connectivity index is 2.12. The van der Waals surface area contributed by atoms with Crippen molar-refractivity contribution in [2.45, 2.75) is 33.0 Å². The Morgan fingerprint density at radius 3 is 2.33 bits per heavy atom. The maximum Gasteiger partial charge on any atom is 0.339 e. The summed E-state index contributed by atoms with van der Waals surface area (Å²) < 4.78 is 17.1. The maximum atomic E-state index is 11.5. The van der Waals surface area contributed by atoms with Crippen molar-refractivity contribution in [3.05, 3.63) is 54.1 Å². The number of carboxylic acids is 1. The predicted octanol–water partition coefficient (Wildman–Crippen LogP) is 4.02. The van der Waals surface area contributed by atoms with Gasteiger partial charge in [0.25, 0.3) is 0 Å². The zero-order chi connectivity index (χ0) is 17.5. The Bertz CT molecular complexity index is 667. The van der Waals surface area contributed by atoms with Crippen LogP contribution in [0.1, 0.15) is 31.1 Å². The predicted molar refractivity (Wildman–Crippen MR) is 91.2 cm³/mol. The Morgan fingerprint density at radius 2 is 1.71 bits per heavy atom. The van der Waals surface area contributed by atoms with Crippen molar-refractivity contribution in [1.82, 2.24) is 0 Å². The molecule has 0 aliphatic carbocycles. The summed E-state index contributed by atoms with van der Waals surface area (Å²) in [4.78, 5) is 11.5. The molecule has 0 heterocycles. The molecule has 0 aromatic heterocycles. The lowest BCUT2D eigenvalue weighted by molar-refractivity contribution is 0.0682. The molecule has 0 aliphatic heterocycles. The first-order valence-corrected chi connectivity index (χ1v) is 7.85. The average Bonchev–Trinajstić information content (AvgIpc) is 2.55. The fraction of sp³-hybridized carbons (Fsp3) is 0.316. The summed E-state index contributed by atoms with van der Waals surface area (Å²) in [7, 11) is 0. The molecule has 2 aromatic rings. The van der Waals surface area contributed by atoms with E-state index in [4.69, 9.17) is 14.2 Å². The summed E-state index contributed by atoms with van der Waals surface area (Å²) in [5.74, 6) is 0.313. The molecule has 0 saturated carbocycles. The molecule has 1 atom stereocenters. The Morgan fingerprint density at radius 1 is 1.00 bits per heavy atom. The first kappa shape index (κ1) is 17.7. The number of carboxylic acid groups (broad SMARTS) is 1. The summed E-state index contributed by atoms with van der Waals surface area (Å²) in [6, 6.07) is 14.2. The highest BCUT2D eigenvalue weighted by Crippen LogP contribution is 2.33. The smallest absolute Gasteiger partial charge is 0.339 e. The second-order valence-electron chi connectivity index (χ2n) is 5.66. The van der Waals surface area contributed by atoms with Crippen molar-refractivity contribution < 1.29 is 24.1 Å². The molecule has 5 heteroatoms. The van der Waals surface area contributed by atoms with Crippen LogP contribution >= 0.6 is 0 Å². The number of benzene rings is 2. The van der Waals surface area contributed by atoms with Crippen LogP contribution in [0.15, 0.2) is 48.5 Å². The van der Waals surface area contributed by atoms with Gasteiger partial charge in [-0.2, -0.15) is 0 Å². The minimum absolute atomic E-state index is 0.0692. The Labute approximate surface area is 141 Å². The quantitative estimate of drug-likeness (QED) is 0.792. The highest BCUT2D eigenvalue weighted by Gasteiger charge is 2.20. The third-order valence-electron chi connectivity index (χ3n) is 3.12. The second kappa shape index (κ2) is 8.24. The number of aromatic carboxylic acids is 1. The zero-order valence-corrected chi connectivity index (χ0v) is 14.1. The van der Waals surface area contributed by atoms with Gasteiger partial charge in [-0.05, 0) is 45.0 Å². The van der Waals surface area contributed by atoms with E-state index in [2.05, 4.69) is 0 Å². The van der Waals surface area contributed by atoms with Gasteiger partial charge in [0.2, 0.25) is 0 Å². The first-order valence-electron chi connectivity index (χ1n) is 7.85. The lowest BCUT2D eigenvalue weighted by Gasteiger charge is -2.20. The van der Waals surface area contributed by atoms with Crippen molar-refractivity contribution in [1.29, 1.82) is 0 Å². The molecule has 1 N–H and O–H groups in total. The van der Waals surface area contributed by atoms with Crippen LogP contribution < -0.4 is 14.2 Å². The molecule has 0 spiro atoms. The Kier molecular flexibility index (Phi) is 6.07. The summed E-state index contributed by atoms with van der Waals surface area (Å²) in [6.07, 6.45) is -0.438. The van der Waals surface area contributed by atoms with Crippen LogP contribution in [0.25, 0.3) is 0 Å². The van der Waals surface area contributed by atoms with E-state index in [1.807, 2.05) is 51.1 Å². The van der Waals surface area contributed by atoms with Gasteiger partial charge in [0.15, 0.2) is 11.5 Å². The van der Waals surface area contributed by atoms with E-state index in [1.165, 1.54) is 6.07 Å². The minimum atomic E-state index is -1.06. The van der Waals surface area contributed by atoms with Crippen LogP contribution in [0.3, 0.4) is 0 Å². The lowest BCUT2D eigenvalue weighted by Crippen LogP contribution is -2.23. The van der Waals surface area contributed by atoms with E-state index >= 15 is 0 Å². The molecular weight excluding hydrogens is 308 g/mol. The molecule has 24 heavy (non-hydrogen) atoms. The van der Waals surface area contributed by atoms with Crippen molar-refractivity contribution in [3.8, 4) is 17.2 Å². The monoisotopic (exact) mass is 330 g/mol. The van der Waals surface area contributed by atoms with Gasteiger partial charge in [0.05, 0.1) is 6.10 Å². The summed E-state index contributed by atoms with van der Waals surface area (Å²) in [6.45, 7) is 5.86. The first-order chi connectivity index (χ1) is 11.5. The van der Waals surface area contributed by atoms with Gasteiger partial charge in [-0.1, -0.05) is 24.3 Å². The zero-order valence-electron chi connectivity index (χ0n) is 14.1. The Hall–Kier alpha value is -2.69. The standard InChI is InChI=1S/C19H22O5/c1-13(2)23-17-11-7-10-16(19(20)21)18(17)24-14(3)12-22-15-8-5-4-6-9-15/h4-11,13-14H,12H2,1-3H3,(H,20,21). The van der Waals surface area contributed by atoms with Crippen LogP contribution in [-0.4, -0.2) is 29.9 Å². The molecule has 1 unspecified atom stereocenters. The number of rotatable bonds is 8. The van der Waals surface area contributed by atoms with Crippen LogP contribution in [0.4, 0.5) is 0 Å². The largest absolute Gasteiger partial charge is 0.490 e. The highest BCUT2D eigenvalue weighted by atomic mass is 16.6. The molecular formula is C19H22O5. The molecule has 2 rings (SSSR count). The number of para-hydroxylation sites is 2. The fourth-order valence-corrected chi connectivity index (χ4v) is 2.12. The minimum Gasteiger partial charge on any atom is -0.490 e. The van der Waals surface area contributed by atoms with Gasteiger partial charge < -0.3 is 19.3 Å². The fourth-order valence-electron chi connectivity index (χ4n) is 2.12. The third kappa shape index (κ3) is 4.91. The molecule has 0 amide bonds. The molecule has 0 radical (unpaired) electrons. The normalized spacial score (nSPS) is 11.8. The van der Waals surface area contributed by atoms with Gasteiger partial charge in [0, 0.05) is 0 Å². The molecule has 0 aliphatic rings. The topological polar surface area (TPSA) is 65.0 Å². The summed E-state index contributed by atoms with van der Waals surface area (Å²) in [5.41, 5.74) is 0.0692. The SMILES string of the molecule is CC(C)Oc1cccc(C(=O)O)c1OC(C)COc1ccccc1. The van der Waals surface area contributed by atoms with Crippen LogP contribution in [0, 0.1) is 0 Å². The highest BCUT2D eigenvalue weighted by molar-refractivity contribution is 5.92. The van der Waals surface area contributed by atoms with Crippen molar-refractivity contribution in [2.75, 3.05) is 6.61 Å². The molecule has 5 nitrogen and oxygen atoms in total. The molecule has 2 aromatic carbocycles. The van der Waals surface area contributed by atoms with Gasteiger partial charge >= 0.3 is 5.97 Å². The van der Waals surface area contributed by atoms with Crippen LogP contribution in [0.5, 0.6) is 17.2 Å². The van der Waals surface area contributed by atoms with Crippen LogP contribution in [0.2, 0.25) is 0 Å². The van der Waals surface area contributed by atoms with Gasteiger partial charge in [-0.15, -0.1) is 0 Å². The number of ether oxygens (including phenoxy) is 3. The number of hydrogen-bond acceptors (Lipinski definition) is 4. The summed E-state index contributed by atoms with van der Waals surface area (Å²) in [5, 5.41) is 9.38. The van der Waals surface area contributed by atoms with E-state index in [1.54, 1.807) is 12.1 Å². The van der Waals surface area contributed by atoms with E-state index < -0.39 is 5.97 Å². The van der Waals surface area contributed by atoms with Gasteiger partial charge in [-0.25, -0.2) is 4.79 Å². The second-order valence-corrected chi connectivity index (χ2v) is 5.66. The van der Waals surface area contributed by atoms with E-state index in [9.17, 15) is 9.90 Å². The molecule has 0 saturated heterocycles. The lowest BCUT2D eigenvalue weighted by atomic mass is 10.2. The van der Waals surface area contributed by atoms with Crippen LogP contribution in [-0.2, 0) is 0 Å². The molecule has 0 fully saturated rings. The van der Waals surface area contributed by atoms with Crippen molar-refractivity contribution >= 4 is 5.97 Å². The van der Waals surface area contributed by atoms with Crippen molar-refractivity contribution in [3.63, 3.8) is 0 Å². The van der Waals surface area contributed by atoms with E-state index in [0.717, 1.165) is 5.75 Å². The third-order valence-corrected chi connectivity index (χ3v) is 3.12.